The SMILES string of the molecule is CC(C)CC(CC(O)[C@H](CC(C)C)NC(=O)OCc1ccccc1)C(=O)N[C@H](C=O)CC(C)C. The molecule has 0 aliphatic rings. The van der Waals surface area contributed by atoms with Gasteiger partial charge in [-0.15, -0.1) is 0 Å². The molecule has 0 heterocycles. The van der Waals surface area contributed by atoms with Crippen LogP contribution in [0.15, 0.2) is 30.3 Å². The molecule has 0 aliphatic carbocycles. The summed E-state index contributed by atoms with van der Waals surface area (Å²) >= 11 is 0. The second kappa shape index (κ2) is 15.5. The zero-order chi connectivity index (χ0) is 25.7. The summed E-state index contributed by atoms with van der Waals surface area (Å²) in [5.41, 5.74) is 0.874. The van der Waals surface area contributed by atoms with E-state index in [9.17, 15) is 19.5 Å². The maximum absolute atomic E-state index is 13.0. The van der Waals surface area contributed by atoms with Gasteiger partial charge in [-0.2, -0.15) is 0 Å². The summed E-state index contributed by atoms with van der Waals surface area (Å²) in [6, 6.07) is 8.28. The fourth-order valence-electron chi connectivity index (χ4n) is 4.03. The third-order valence-electron chi connectivity index (χ3n) is 5.58. The lowest BCUT2D eigenvalue weighted by Crippen LogP contribution is -2.47. The van der Waals surface area contributed by atoms with Crippen molar-refractivity contribution in [1.29, 1.82) is 0 Å². The number of aliphatic hydroxyl groups excluding tert-OH is 1. The predicted octanol–water partition coefficient (Wildman–Crippen LogP) is 4.47. The lowest BCUT2D eigenvalue weighted by molar-refractivity contribution is -0.129. The molecule has 0 aliphatic heterocycles. The first-order valence-electron chi connectivity index (χ1n) is 12.4. The van der Waals surface area contributed by atoms with Crippen LogP contribution in [0.5, 0.6) is 0 Å². The van der Waals surface area contributed by atoms with Crippen LogP contribution in [-0.4, -0.2) is 41.6 Å². The Hall–Kier alpha value is -2.41. The van der Waals surface area contributed by atoms with Crippen molar-refractivity contribution in [3.05, 3.63) is 35.9 Å². The van der Waals surface area contributed by atoms with Crippen molar-refractivity contribution in [2.75, 3.05) is 0 Å². The lowest BCUT2D eigenvalue weighted by atomic mass is 9.87. The summed E-state index contributed by atoms with van der Waals surface area (Å²) in [6.45, 7) is 12.2. The van der Waals surface area contributed by atoms with Crippen molar-refractivity contribution < 1.29 is 24.2 Å². The molecule has 3 N–H and O–H groups in total. The van der Waals surface area contributed by atoms with Crippen LogP contribution >= 0.6 is 0 Å². The molecule has 34 heavy (non-hydrogen) atoms. The van der Waals surface area contributed by atoms with Gasteiger partial charge in [0.1, 0.15) is 12.9 Å². The number of nitrogens with one attached hydrogen (secondary N) is 2. The van der Waals surface area contributed by atoms with Gasteiger partial charge in [-0.05, 0) is 49.0 Å². The van der Waals surface area contributed by atoms with E-state index in [-0.39, 0.29) is 36.7 Å². The summed E-state index contributed by atoms with van der Waals surface area (Å²) in [4.78, 5) is 36.9. The minimum atomic E-state index is -0.930. The van der Waals surface area contributed by atoms with E-state index in [0.29, 0.717) is 19.3 Å². The van der Waals surface area contributed by atoms with Crippen molar-refractivity contribution >= 4 is 18.3 Å². The molecule has 0 saturated carbocycles. The van der Waals surface area contributed by atoms with Gasteiger partial charge in [-0.25, -0.2) is 4.79 Å². The monoisotopic (exact) mass is 476 g/mol. The zero-order valence-corrected chi connectivity index (χ0v) is 21.6. The van der Waals surface area contributed by atoms with E-state index in [1.54, 1.807) is 0 Å². The third kappa shape index (κ3) is 12.2. The first kappa shape index (κ1) is 29.6. The number of aldehydes is 1. The minimum absolute atomic E-state index is 0.137. The van der Waals surface area contributed by atoms with Gasteiger partial charge >= 0.3 is 6.09 Å². The largest absolute Gasteiger partial charge is 0.445 e. The van der Waals surface area contributed by atoms with Crippen LogP contribution in [-0.2, 0) is 20.9 Å². The van der Waals surface area contributed by atoms with Gasteiger partial charge in [-0.3, -0.25) is 4.79 Å². The average molecular weight is 477 g/mol. The Morgan fingerprint density at radius 1 is 0.882 bits per heavy atom. The summed E-state index contributed by atoms with van der Waals surface area (Å²) < 4.78 is 5.33. The van der Waals surface area contributed by atoms with Gasteiger partial charge in [0, 0.05) is 5.92 Å². The average Bonchev–Trinajstić information content (AvgIpc) is 2.76. The third-order valence-corrected chi connectivity index (χ3v) is 5.58. The lowest BCUT2D eigenvalue weighted by Gasteiger charge is -2.29. The number of aliphatic hydroxyl groups is 1. The Morgan fingerprint density at radius 2 is 1.47 bits per heavy atom. The molecule has 0 saturated heterocycles. The first-order chi connectivity index (χ1) is 16.0. The molecule has 2 unspecified atom stereocenters. The molecule has 2 amide bonds. The molecule has 0 spiro atoms. The van der Waals surface area contributed by atoms with Crippen molar-refractivity contribution in [3.63, 3.8) is 0 Å². The first-order valence-corrected chi connectivity index (χ1v) is 12.4. The molecule has 0 radical (unpaired) electrons. The van der Waals surface area contributed by atoms with Gasteiger partial charge in [-0.1, -0.05) is 71.9 Å². The predicted molar refractivity (Wildman–Crippen MR) is 134 cm³/mol. The summed E-state index contributed by atoms with van der Waals surface area (Å²) in [6.07, 6.45) is 1.11. The number of carbonyl (C=O) groups excluding carboxylic acids is 3. The standard InChI is InChI=1S/C27H44N2O5/c1-18(2)12-22(26(32)28-23(16-30)13-19(3)4)15-25(31)24(14-20(5)6)29-27(33)34-17-21-10-8-7-9-11-21/h7-11,16,18-20,22-25,31H,12-15,17H2,1-6H3,(H,28,32)(H,29,33)/t22?,23-,24-,25?/m0/s1. The second-order valence-corrected chi connectivity index (χ2v) is 10.5. The normalized spacial score (nSPS) is 15.0. The van der Waals surface area contributed by atoms with Gasteiger partial charge in [0.15, 0.2) is 0 Å². The maximum atomic E-state index is 13.0. The molecule has 4 atom stereocenters. The number of benzene rings is 1. The number of amides is 2. The highest BCUT2D eigenvalue weighted by atomic mass is 16.5. The molecule has 192 valence electrons. The van der Waals surface area contributed by atoms with Crippen molar-refractivity contribution in [3.8, 4) is 0 Å². The number of hydrogen-bond donors (Lipinski definition) is 3. The smallest absolute Gasteiger partial charge is 0.407 e. The van der Waals surface area contributed by atoms with Crippen LogP contribution in [0.1, 0.15) is 72.8 Å². The van der Waals surface area contributed by atoms with E-state index in [4.69, 9.17) is 4.74 Å². The fourth-order valence-corrected chi connectivity index (χ4v) is 4.03. The maximum Gasteiger partial charge on any atom is 0.407 e. The van der Waals surface area contributed by atoms with Crippen LogP contribution in [0.3, 0.4) is 0 Å². The molecule has 0 fully saturated rings. The zero-order valence-electron chi connectivity index (χ0n) is 21.6. The summed E-state index contributed by atoms with van der Waals surface area (Å²) in [5.74, 6) is 0.0139. The van der Waals surface area contributed by atoms with E-state index in [1.165, 1.54) is 0 Å². The van der Waals surface area contributed by atoms with Gasteiger partial charge in [0.25, 0.3) is 0 Å². The summed E-state index contributed by atoms with van der Waals surface area (Å²) in [7, 11) is 0. The molecular weight excluding hydrogens is 432 g/mol. The van der Waals surface area contributed by atoms with Crippen molar-refractivity contribution in [1.82, 2.24) is 10.6 Å². The van der Waals surface area contributed by atoms with Crippen molar-refractivity contribution in [2.45, 2.75) is 92.0 Å². The van der Waals surface area contributed by atoms with Crippen LogP contribution in [0.25, 0.3) is 0 Å². The highest BCUT2D eigenvalue weighted by Gasteiger charge is 2.30. The Balaban J connectivity index is 2.83. The minimum Gasteiger partial charge on any atom is -0.445 e. The van der Waals surface area contributed by atoms with Crippen LogP contribution in [0, 0.1) is 23.7 Å². The van der Waals surface area contributed by atoms with Gasteiger partial charge < -0.3 is 25.3 Å². The Kier molecular flexibility index (Phi) is 13.5. The topological polar surface area (TPSA) is 105 Å². The van der Waals surface area contributed by atoms with E-state index in [1.807, 2.05) is 71.9 Å². The molecule has 0 aromatic heterocycles. The number of ether oxygens (including phenoxy) is 1. The Bertz CT molecular complexity index is 736. The second-order valence-electron chi connectivity index (χ2n) is 10.5. The highest BCUT2D eigenvalue weighted by molar-refractivity contribution is 5.81. The number of carbonyl (C=O) groups is 3. The van der Waals surface area contributed by atoms with Gasteiger partial charge in [0.2, 0.25) is 5.91 Å². The van der Waals surface area contributed by atoms with E-state index < -0.39 is 30.2 Å². The molecule has 1 aromatic rings. The van der Waals surface area contributed by atoms with E-state index in [2.05, 4.69) is 10.6 Å². The molecule has 1 aromatic carbocycles. The van der Waals surface area contributed by atoms with Crippen LogP contribution in [0.2, 0.25) is 0 Å². The highest BCUT2D eigenvalue weighted by Crippen LogP contribution is 2.22. The Morgan fingerprint density at radius 3 is 2.00 bits per heavy atom. The van der Waals surface area contributed by atoms with Crippen molar-refractivity contribution in [2.24, 2.45) is 23.7 Å². The molecule has 7 nitrogen and oxygen atoms in total. The Labute approximate surface area is 205 Å². The van der Waals surface area contributed by atoms with Crippen LogP contribution < -0.4 is 10.6 Å². The molecule has 1 rings (SSSR count). The van der Waals surface area contributed by atoms with Crippen LogP contribution in [0.4, 0.5) is 4.79 Å². The van der Waals surface area contributed by atoms with E-state index >= 15 is 0 Å². The number of alkyl carbamates (subject to hydrolysis) is 1. The van der Waals surface area contributed by atoms with E-state index in [0.717, 1.165) is 11.8 Å². The molecule has 7 heteroatoms. The summed E-state index contributed by atoms with van der Waals surface area (Å²) in [5, 5.41) is 16.7. The molecule has 0 bridgehead atoms. The fraction of sp³-hybridized carbons (Fsp3) is 0.667. The number of rotatable bonds is 15. The number of hydrogen-bond acceptors (Lipinski definition) is 5. The molecular formula is C27H44N2O5. The van der Waals surface area contributed by atoms with Gasteiger partial charge in [0.05, 0.1) is 18.2 Å². The quantitative estimate of drug-likeness (QED) is 0.324.